The van der Waals surface area contributed by atoms with Gasteiger partial charge in [-0.2, -0.15) is 9.50 Å². The number of fused-ring (bicyclic) bond motifs is 2. The summed E-state index contributed by atoms with van der Waals surface area (Å²) in [6.07, 6.45) is 1.76. The van der Waals surface area contributed by atoms with Crippen molar-refractivity contribution in [2.75, 3.05) is 6.61 Å². The van der Waals surface area contributed by atoms with Crippen molar-refractivity contribution < 1.29 is 13.9 Å². The summed E-state index contributed by atoms with van der Waals surface area (Å²) in [6, 6.07) is 14.7. The summed E-state index contributed by atoms with van der Waals surface area (Å²) in [7, 11) is 0. The standard InChI is InChI=1S/C22H16N4O4S/c1-12-15-4-2-3-5-16(15)30-19(12)20-24-22-26(25-20)21(28)17(31-22)10-13-6-8-14(9-7-13)29-11-18(23)27/h2-10H,11H2,1H3,(H2,23,27). The number of ether oxygens (including phenoxy) is 1. The molecule has 0 saturated carbocycles. The summed E-state index contributed by atoms with van der Waals surface area (Å²) in [4.78, 5) is 28.6. The number of amides is 1. The minimum atomic E-state index is -0.543. The number of aromatic nitrogens is 3. The average Bonchev–Trinajstić information content (AvgIpc) is 3.41. The number of primary amides is 1. The summed E-state index contributed by atoms with van der Waals surface area (Å²) >= 11 is 1.25. The molecule has 9 heteroatoms. The van der Waals surface area contributed by atoms with Crippen LogP contribution in [0.2, 0.25) is 0 Å². The van der Waals surface area contributed by atoms with Crippen LogP contribution in [0.5, 0.6) is 5.75 Å². The first kappa shape index (κ1) is 19.0. The molecule has 154 valence electrons. The third-order valence-corrected chi connectivity index (χ3v) is 5.75. The van der Waals surface area contributed by atoms with Crippen molar-refractivity contribution in [1.29, 1.82) is 0 Å². The number of aryl methyl sites for hydroxylation is 1. The Hall–Kier alpha value is -3.98. The molecule has 0 spiro atoms. The lowest BCUT2D eigenvalue weighted by atomic mass is 10.1. The Balaban J connectivity index is 1.49. The van der Waals surface area contributed by atoms with Crippen LogP contribution in [0.25, 0.3) is 33.6 Å². The van der Waals surface area contributed by atoms with E-state index in [0.717, 1.165) is 22.1 Å². The number of nitrogens with two attached hydrogens (primary N) is 1. The van der Waals surface area contributed by atoms with Crippen LogP contribution in [0, 0.1) is 6.92 Å². The molecule has 3 heterocycles. The highest BCUT2D eigenvalue weighted by atomic mass is 32.1. The Labute approximate surface area is 179 Å². The summed E-state index contributed by atoms with van der Waals surface area (Å²) in [6.45, 7) is 1.76. The Kier molecular flexibility index (Phi) is 4.52. The van der Waals surface area contributed by atoms with Crippen LogP contribution in [-0.4, -0.2) is 27.1 Å². The molecule has 5 aromatic rings. The highest BCUT2D eigenvalue weighted by molar-refractivity contribution is 7.15. The fourth-order valence-corrected chi connectivity index (χ4v) is 4.19. The number of carbonyl (C=O) groups excluding carboxylic acids is 1. The van der Waals surface area contributed by atoms with E-state index in [1.165, 1.54) is 15.9 Å². The van der Waals surface area contributed by atoms with Gasteiger partial charge in [-0.15, -0.1) is 5.10 Å². The van der Waals surface area contributed by atoms with E-state index in [9.17, 15) is 9.59 Å². The quantitative estimate of drug-likeness (QED) is 0.456. The van der Waals surface area contributed by atoms with Gasteiger partial charge in [0, 0.05) is 10.9 Å². The summed E-state index contributed by atoms with van der Waals surface area (Å²) < 4.78 is 13.0. The number of thiazole rings is 1. The Morgan fingerprint density at radius 2 is 2.00 bits per heavy atom. The van der Waals surface area contributed by atoms with Gasteiger partial charge in [0.15, 0.2) is 12.4 Å². The lowest BCUT2D eigenvalue weighted by molar-refractivity contribution is -0.119. The van der Waals surface area contributed by atoms with Crippen LogP contribution < -0.4 is 20.6 Å². The zero-order valence-corrected chi connectivity index (χ0v) is 17.2. The number of hydrogen-bond donors (Lipinski definition) is 1. The number of benzene rings is 2. The first-order chi connectivity index (χ1) is 15.0. The molecule has 0 bridgehead atoms. The second-order valence-electron chi connectivity index (χ2n) is 6.92. The lowest BCUT2D eigenvalue weighted by Crippen LogP contribution is -2.23. The SMILES string of the molecule is Cc1c(-c2nc3sc(=Cc4ccc(OCC(N)=O)cc4)c(=O)n3n2)oc2ccccc12. The average molecular weight is 432 g/mol. The molecule has 8 nitrogen and oxygen atoms in total. The normalized spacial score (nSPS) is 12.1. The van der Waals surface area contributed by atoms with E-state index in [1.807, 2.05) is 31.2 Å². The molecule has 0 saturated heterocycles. The molecule has 0 unspecified atom stereocenters. The zero-order chi connectivity index (χ0) is 21.5. The van der Waals surface area contributed by atoms with Crippen LogP contribution in [0.4, 0.5) is 0 Å². The Bertz CT molecular complexity index is 1550. The third-order valence-electron chi connectivity index (χ3n) is 4.79. The molecule has 0 aliphatic rings. The summed E-state index contributed by atoms with van der Waals surface area (Å²) in [5, 5.41) is 5.38. The number of para-hydroxylation sites is 1. The number of nitrogens with zero attached hydrogens (tertiary/aromatic N) is 3. The molecule has 0 fully saturated rings. The van der Waals surface area contributed by atoms with Crippen molar-refractivity contribution in [3.05, 3.63) is 74.5 Å². The largest absolute Gasteiger partial charge is 0.484 e. The summed E-state index contributed by atoms with van der Waals surface area (Å²) in [5.41, 5.74) is 7.32. The molecular formula is C22H16N4O4S. The molecule has 31 heavy (non-hydrogen) atoms. The van der Waals surface area contributed by atoms with E-state index in [0.29, 0.717) is 26.8 Å². The number of rotatable bonds is 5. The maximum Gasteiger partial charge on any atom is 0.291 e. The monoisotopic (exact) mass is 432 g/mol. The van der Waals surface area contributed by atoms with E-state index < -0.39 is 5.91 Å². The predicted octanol–water partition coefficient (Wildman–Crippen LogP) is 2.28. The fraction of sp³-hybridized carbons (Fsp3) is 0.0909. The Morgan fingerprint density at radius 1 is 1.23 bits per heavy atom. The zero-order valence-electron chi connectivity index (χ0n) is 16.4. The summed E-state index contributed by atoms with van der Waals surface area (Å²) in [5.74, 6) is 0.929. The molecule has 2 N–H and O–H groups in total. The molecule has 5 rings (SSSR count). The van der Waals surface area contributed by atoms with E-state index in [-0.39, 0.29) is 12.2 Å². The van der Waals surface area contributed by atoms with Crippen LogP contribution in [0.1, 0.15) is 11.1 Å². The number of carbonyl (C=O) groups is 1. The number of hydrogen-bond acceptors (Lipinski definition) is 7. The fourth-order valence-electron chi connectivity index (χ4n) is 3.28. The van der Waals surface area contributed by atoms with Gasteiger partial charge in [-0.3, -0.25) is 9.59 Å². The van der Waals surface area contributed by atoms with Gasteiger partial charge < -0.3 is 14.9 Å². The maximum absolute atomic E-state index is 12.8. The van der Waals surface area contributed by atoms with Crippen LogP contribution in [0.15, 0.2) is 57.7 Å². The molecular weight excluding hydrogens is 416 g/mol. The van der Waals surface area contributed by atoms with Crippen molar-refractivity contribution in [3.63, 3.8) is 0 Å². The molecule has 2 aromatic carbocycles. The third kappa shape index (κ3) is 3.44. The van der Waals surface area contributed by atoms with Gasteiger partial charge in [0.05, 0.1) is 4.53 Å². The van der Waals surface area contributed by atoms with Crippen molar-refractivity contribution >= 4 is 39.3 Å². The second kappa shape index (κ2) is 7.37. The minimum Gasteiger partial charge on any atom is -0.484 e. The molecule has 0 aliphatic carbocycles. The van der Waals surface area contributed by atoms with E-state index in [1.54, 1.807) is 30.3 Å². The first-order valence-corrected chi connectivity index (χ1v) is 10.2. The number of furan rings is 1. The van der Waals surface area contributed by atoms with Crippen LogP contribution in [-0.2, 0) is 4.79 Å². The lowest BCUT2D eigenvalue weighted by Gasteiger charge is -2.03. The van der Waals surface area contributed by atoms with E-state index in [4.69, 9.17) is 14.9 Å². The van der Waals surface area contributed by atoms with Gasteiger partial charge in [0.2, 0.25) is 10.8 Å². The van der Waals surface area contributed by atoms with Gasteiger partial charge in [0.25, 0.3) is 11.5 Å². The topological polar surface area (TPSA) is 113 Å². The van der Waals surface area contributed by atoms with Gasteiger partial charge in [-0.1, -0.05) is 41.7 Å². The van der Waals surface area contributed by atoms with Crippen molar-refractivity contribution in [1.82, 2.24) is 14.6 Å². The molecule has 3 aromatic heterocycles. The van der Waals surface area contributed by atoms with Gasteiger partial charge in [0.1, 0.15) is 11.3 Å². The highest BCUT2D eigenvalue weighted by Gasteiger charge is 2.18. The van der Waals surface area contributed by atoms with Gasteiger partial charge >= 0.3 is 0 Å². The van der Waals surface area contributed by atoms with Crippen LogP contribution >= 0.6 is 11.3 Å². The van der Waals surface area contributed by atoms with Gasteiger partial charge in [-0.05, 0) is 36.8 Å². The molecule has 0 atom stereocenters. The molecule has 0 radical (unpaired) electrons. The highest BCUT2D eigenvalue weighted by Crippen LogP contribution is 2.31. The van der Waals surface area contributed by atoms with E-state index >= 15 is 0 Å². The Morgan fingerprint density at radius 3 is 2.71 bits per heavy atom. The minimum absolute atomic E-state index is 0.186. The van der Waals surface area contributed by atoms with Crippen LogP contribution in [0.3, 0.4) is 0 Å². The predicted molar refractivity (Wildman–Crippen MR) is 117 cm³/mol. The smallest absolute Gasteiger partial charge is 0.291 e. The maximum atomic E-state index is 12.8. The first-order valence-electron chi connectivity index (χ1n) is 9.40. The van der Waals surface area contributed by atoms with Crippen molar-refractivity contribution in [2.45, 2.75) is 6.92 Å². The molecule has 1 amide bonds. The van der Waals surface area contributed by atoms with E-state index in [2.05, 4.69) is 10.1 Å². The van der Waals surface area contributed by atoms with Crippen molar-refractivity contribution in [2.24, 2.45) is 5.73 Å². The second-order valence-corrected chi connectivity index (χ2v) is 7.93. The van der Waals surface area contributed by atoms with Gasteiger partial charge in [-0.25, -0.2) is 0 Å². The van der Waals surface area contributed by atoms with Crippen molar-refractivity contribution in [3.8, 4) is 17.3 Å². The molecule has 0 aliphatic heterocycles.